The van der Waals surface area contributed by atoms with Crippen molar-refractivity contribution in [2.75, 3.05) is 13.1 Å². The topological polar surface area (TPSA) is 15.3 Å². The van der Waals surface area contributed by atoms with E-state index in [1.807, 2.05) is 0 Å². The summed E-state index contributed by atoms with van der Waals surface area (Å²) in [6.45, 7) is 3.40. The first-order valence-corrected chi connectivity index (χ1v) is 8.94. The van der Waals surface area contributed by atoms with Gasteiger partial charge in [0.1, 0.15) is 0 Å². The Morgan fingerprint density at radius 2 is 1.52 bits per heavy atom. The molecule has 1 aliphatic carbocycles. The predicted molar refractivity (Wildman–Crippen MR) is 95.3 cm³/mol. The fourth-order valence-electron chi connectivity index (χ4n) is 3.88. The molecule has 120 valence electrons. The van der Waals surface area contributed by atoms with E-state index in [4.69, 9.17) is 0 Å². The summed E-state index contributed by atoms with van der Waals surface area (Å²) in [6.07, 6.45) is 3.96. The smallest absolute Gasteiger partial charge is 0.0253 e. The van der Waals surface area contributed by atoms with Crippen LogP contribution in [0.2, 0.25) is 0 Å². The van der Waals surface area contributed by atoms with Crippen LogP contribution in [0, 0.1) is 5.92 Å². The Labute approximate surface area is 139 Å². The molecule has 2 fully saturated rings. The molecule has 0 spiro atoms. The van der Waals surface area contributed by atoms with Crippen LogP contribution in [-0.2, 0) is 13.0 Å². The van der Waals surface area contributed by atoms with Gasteiger partial charge in [-0.25, -0.2) is 0 Å². The number of hydrogen-bond acceptors (Lipinski definition) is 2. The van der Waals surface area contributed by atoms with Gasteiger partial charge in [-0.15, -0.1) is 0 Å². The summed E-state index contributed by atoms with van der Waals surface area (Å²) in [6, 6.07) is 23.1. The molecular weight excluding hydrogens is 280 g/mol. The molecule has 2 heteroatoms. The molecule has 2 aliphatic rings. The molecule has 1 saturated heterocycles. The van der Waals surface area contributed by atoms with Crippen LogP contribution in [0.15, 0.2) is 60.7 Å². The maximum Gasteiger partial charge on any atom is 0.0253 e. The SMILES string of the molecule is c1ccc(CC2CN(Cc3ccccc3)C(C3CC3)CN2)cc1. The maximum absolute atomic E-state index is 3.81. The highest BCUT2D eigenvalue weighted by Gasteiger charge is 2.38. The molecule has 2 nitrogen and oxygen atoms in total. The second-order valence-corrected chi connectivity index (χ2v) is 7.11. The lowest BCUT2D eigenvalue weighted by Gasteiger charge is -2.41. The summed E-state index contributed by atoms with van der Waals surface area (Å²) in [5, 5.41) is 3.81. The molecule has 0 amide bonds. The molecular formula is C21H26N2. The van der Waals surface area contributed by atoms with E-state index in [0.29, 0.717) is 6.04 Å². The van der Waals surface area contributed by atoms with Crippen molar-refractivity contribution in [3.05, 3.63) is 71.8 Å². The average molecular weight is 306 g/mol. The molecule has 2 aromatic carbocycles. The van der Waals surface area contributed by atoms with Gasteiger partial charge in [0.15, 0.2) is 0 Å². The number of piperazine rings is 1. The van der Waals surface area contributed by atoms with Crippen molar-refractivity contribution in [2.45, 2.75) is 37.9 Å². The monoisotopic (exact) mass is 306 g/mol. The second-order valence-electron chi connectivity index (χ2n) is 7.11. The zero-order valence-electron chi connectivity index (χ0n) is 13.7. The fourth-order valence-corrected chi connectivity index (χ4v) is 3.88. The molecule has 1 saturated carbocycles. The van der Waals surface area contributed by atoms with Crippen LogP contribution in [-0.4, -0.2) is 30.1 Å². The second kappa shape index (κ2) is 6.86. The van der Waals surface area contributed by atoms with Crippen LogP contribution in [0.3, 0.4) is 0 Å². The third-order valence-corrected chi connectivity index (χ3v) is 5.26. The normalized spacial score (nSPS) is 25.4. The molecule has 0 radical (unpaired) electrons. The van der Waals surface area contributed by atoms with E-state index < -0.39 is 0 Å². The van der Waals surface area contributed by atoms with E-state index >= 15 is 0 Å². The number of nitrogens with one attached hydrogen (secondary N) is 1. The first-order valence-electron chi connectivity index (χ1n) is 8.94. The lowest BCUT2D eigenvalue weighted by Crippen LogP contribution is -2.57. The van der Waals surface area contributed by atoms with Crippen molar-refractivity contribution in [3.63, 3.8) is 0 Å². The van der Waals surface area contributed by atoms with E-state index in [2.05, 4.69) is 70.9 Å². The number of hydrogen-bond donors (Lipinski definition) is 1. The van der Waals surface area contributed by atoms with Gasteiger partial charge in [-0.3, -0.25) is 4.90 Å². The molecule has 0 bridgehead atoms. The molecule has 2 aromatic rings. The van der Waals surface area contributed by atoms with Gasteiger partial charge >= 0.3 is 0 Å². The minimum absolute atomic E-state index is 0.566. The fraction of sp³-hybridized carbons (Fsp3) is 0.429. The molecule has 0 aromatic heterocycles. The van der Waals surface area contributed by atoms with Crippen LogP contribution in [0.5, 0.6) is 0 Å². The van der Waals surface area contributed by atoms with E-state index in [0.717, 1.165) is 38.0 Å². The van der Waals surface area contributed by atoms with Crippen molar-refractivity contribution >= 4 is 0 Å². The summed E-state index contributed by atoms with van der Waals surface area (Å²) in [7, 11) is 0. The zero-order valence-corrected chi connectivity index (χ0v) is 13.7. The number of benzene rings is 2. The first-order chi connectivity index (χ1) is 11.4. The quantitative estimate of drug-likeness (QED) is 0.910. The summed E-state index contributed by atoms with van der Waals surface area (Å²) < 4.78 is 0. The van der Waals surface area contributed by atoms with Crippen LogP contribution in [0.4, 0.5) is 0 Å². The zero-order chi connectivity index (χ0) is 15.5. The molecule has 2 unspecified atom stereocenters. The van der Waals surface area contributed by atoms with Crippen LogP contribution in [0.1, 0.15) is 24.0 Å². The van der Waals surface area contributed by atoms with E-state index in [1.54, 1.807) is 0 Å². The summed E-state index contributed by atoms with van der Waals surface area (Å²) in [5.41, 5.74) is 2.88. The molecule has 23 heavy (non-hydrogen) atoms. The van der Waals surface area contributed by atoms with Crippen molar-refractivity contribution in [1.82, 2.24) is 10.2 Å². The van der Waals surface area contributed by atoms with Crippen LogP contribution in [0.25, 0.3) is 0 Å². The lowest BCUT2D eigenvalue weighted by atomic mass is 9.99. The molecule has 1 N–H and O–H groups in total. The van der Waals surface area contributed by atoms with Gasteiger partial charge in [0.25, 0.3) is 0 Å². The van der Waals surface area contributed by atoms with Crippen LogP contribution < -0.4 is 5.32 Å². The van der Waals surface area contributed by atoms with Gasteiger partial charge in [0.2, 0.25) is 0 Å². The van der Waals surface area contributed by atoms with Gasteiger partial charge in [-0.1, -0.05) is 60.7 Å². The highest BCUT2D eigenvalue weighted by Crippen LogP contribution is 2.37. The van der Waals surface area contributed by atoms with E-state index in [-0.39, 0.29) is 0 Å². The predicted octanol–water partition coefficient (Wildman–Crippen LogP) is 3.48. The Hall–Kier alpha value is -1.64. The summed E-state index contributed by atoms with van der Waals surface area (Å²) in [4.78, 5) is 2.73. The minimum atomic E-state index is 0.566. The van der Waals surface area contributed by atoms with E-state index in [1.165, 1.54) is 24.0 Å². The van der Waals surface area contributed by atoms with Gasteiger partial charge in [-0.05, 0) is 36.3 Å². The molecule has 4 rings (SSSR count). The molecule has 1 heterocycles. The Balaban J connectivity index is 1.44. The standard InChI is InChI=1S/C21H26N2/c1-3-7-17(8-4-1)13-20-16-23(15-18-9-5-2-6-10-18)21(14-22-20)19-11-12-19/h1-10,19-22H,11-16H2. The number of nitrogens with zero attached hydrogens (tertiary/aromatic N) is 1. The Morgan fingerprint density at radius 3 is 2.17 bits per heavy atom. The van der Waals surface area contributed by atoms with Crippen LogP contribution >= 0.6 is 0 Å². The molecule has 1 aliphatic heterocycles. The molecule has 2 atom stereocenters. The number of rotatable bonds is 5. The van der Waals surface area contributed by atoms with Gasteiger partial charge < -0.3 is 5.32 Å². The van der Waals surface area contributed by atoms with Crippen molar-refractivity contribution in [3.8, 4) is 0 Å². The highest BCUT2D eigenvalue weighted by molar-refractivity contribution is 5.18. The Morgan fingerprint density at radius 1 is 0.870 bits per heavy atom. The van der Waals surface area contributed by atoms with Gasteiger partial charge in [0, 0.05) is 31.7 Å². The van der Waals surface area contributed by atoms with Gasteiger partial charge in [0.05, 0.1) is 0 Å². The third-order valence-electron chi connectivity index (χ3n) is 5.26. The van der Waals surface area contributed by atoms with Crippen molar-refractivity contribution in [1.29, 1.82) is 0 Å². The maximum atomic E-state index is 3.81. The van der Waals surface area contributed by atoms with E-state index in [9.17, 15) is 0 Å². The highest BCUT2D eigenvalue weighted by atomic mass is 15.2. The average Bonchev–Trinajstić information content (AvgIpc) is 3.42. The van der Waals surface area contributed by atoms with Crippen molar-refractivity contribution in [2.24, 2.45) is 5.92 Å². The minimum Gasteiger partial charge on any atom is -0.311 e. The van der Waals surface area contributed by atoms with Gasteiger partial charge in [-0.2, -0.15) is 0 Å². The third kappa shape index (κ3) is 3.82. The van der Waals surface area contributed by atoms with Crippen molar-refractivity contribution < 1.29 is 0 Å². The Bertz CT molecular complexity index is 606. The lowest BCUT2D eigenvalue weighted by molar-refractivity contribution is 0.107. The largest absolute Gasteiger partial charge is 0.311 e. The Kier molecular flexibility index (Phi) is 4.45. The summed E-state index contributed by atoms with van der Waals surface area (Å²) in [5.74, 6) is 0.920. The first kappa shape index (κ1) is 14.9. The summed E-state index contributed by atoms with van der Waals surface area (Å²) >= 11 is 0.